The number of ketones is 1. The molecule has 0 saturated carbocycles. The number of hydrogen-bond acceptors (Lipinski definition) is 3. The lowest BCUT2D eigenvalue weighted by Gasteiger charge is -2.08. The first kappa shape index (κ1) is 14.0. The fraction of sp³-hybridized carbons (Fsp3) is 0.0625. The van der Waals surface area contributed by atoms with Gasteiger partial charge in [-0.05, 0) is 37.3 Å². The Bertz CT molecular complexity index is 848. The Labute approximate surface area is 131 Å². The van der Waals surface area contributed by atoms with Crippen LogP contribution in [0.4, 0.5) is 0 Å². The molecule has 5 heteroatoms. The first-order valence-corrected chi connectivity index (χ1v) is 7.04. The Morgan fingerprint density at radius 1 is 1.14 bits per heavy atom. The van der Waals surface area contributed by atoms with Crippen molar-refractivity contribution in [3.63, 3.8) is 0 Å². The number of hydrogen-bond donors (Lipinski definition) is 0. The van der Waals surface area contributed by atoms with E-state index >= 15 is 0 Å². The van der Waals surface area contributed by atoms with Crippen molar-refractivity contribution in [2.45, 2.75) is 6.92 Å². The van der Waals surface area contributed by atoms with Gasteiger partial charge in [-0.2, -0.15) is 0 Å². The molecule has 0 aliphatic rings. The molecule has 104 valence electrons. The monoisotopic (exact) mass is 316 g/mol. The third-order valence-electron chi connectivity index (χ3n) is 3.10. The Kier molecular flexibility index (Phi) is 3.62. The largest absolute Gasteiger partial charge is 0.287 e. The summed E-state index contributed by atoms with van der Waals surface area (Å²) in [6.07, 6.45) is 1.59. The Balaban J connectivity index is 2.30. The van der Waals surface area contributed by atoms with E-state index in [-0.39, 0.29) is 5.78 Å². The molecule has 2 aromatic heterocycles. The molecular formula is C16H10Cl2N2O. The second-order valence-corrected chi connectivity index (χ2v) is 5.48. The second kappa shape index (κ2) is 5.43. The number of carbonyl (C=O) groups excluding carboxylic acids is 1. The van der Waals surface area contributed by atoms with E-state index in [0.717, 1.165) is 0 Å². The van der Waals surface area contributed by atoms with Crippen LogP contribution in [0.15, 0.2) is 42.6 Å². The lowest BCUT2D eigenvalue weighted by atomic mass is 10.0. The summed E-state index contributed by atoms with van der Waals surface area (Å²) < 4.78 is 0. The van der Waals surface area contributed by atoms with E-state index in [1.54, 1.807) is 42.6 Å². The van der Waals surface area contributed by atoms with Gasteiger partial charge in [0.1, 0.15) is 5.69 Å². The van der Waals surface area contributed by atoms with Crippen LogP contribution in [0.2, 0.25) is 10.0 Å². The third kappa shape index (κ3) is 2.62. The molecule has 0 radical (unpaired) electrons. The molecule has 3 aromatic rings. The van der Waals surface area contributed by atoms with Gasteiger partial charge in [0.05, 0.1) is 10.5 Å². The van der Waals surface area contributed by atoms with Crippen LogP contribution in [0.3, 0.4) is 0 Å². The van der Waals surface area contributed by atoms with E-state index in [9.17, 15) is 4.79 Å². The van der Waals surface area contributed by atoms with Gasteiger partial charge in [-0.1, -0.05) is 29.3 Å². The van der Waals surface area contributed by atoms with Crippen LogP contribution in [0, 0.1) is 6.92 Å². The first-order chi connectivity index (χ1) is 10.1. The summed E-state index contributed by atoms with van der Waals surface area (Å²) in [4.78, 5) is 21.1. The van der Waals surface area contributed by atoms with Crippen molar-refractivity contribution in [3.05, 3.63) is 69.6 Å². The summed E-state index contributed by atoms with van der Waals surface area (Å²) in [5.41, 5.74) is 2.16. The number of nitrogens with zero attached hydrogens (tertiary/aromatic N) is 2. The third-order valence-corrected chi connectivity index (χ3v) is 3.61. The van der Waals surface area contributed by atoms with Gasteiger partial charge in [-0.25, -0.2) is 0 Å². The number of carbonyl (C=O) groups is 1. The quantitative estimate of drug-likeness (QED) is 0.655. The smallest absolute Gasteiger partial charge is 0.212 e. The fourth-order valence-corrected chi connectivity index (χ4v) is 2.74. The molecule has 0 unspecified atom stereocenters. The number of pyridine rings is 2. The molecule has 0 aliphatic heterocycles. The van der Waals surface area contributed by atoms with Crippen LogP contribution >= 0.6 is 23.2 Å². The molecule has 0 fully saturated rings. The number of rotatable bonds is 2. The van der Waals surface area contributed by atoms with Gasteiger partial charge in [-0.3, -0.25) is 14.8 Å². The maximum Gasteiger partial charge on any atom is 0.212 e. The minimum atomic E-state index is -0.176. The Morgan fingerprint density at radius 2 is 1.95 bits per heavy atom. The summed E-state index contributed by atoms with van der Waals surface area (Å²) in [5, 5.41) is 1.53. The van der Waals surface area contributed by atoms with Crippen LogP contribution in [0.25, 0.3) is 10.9 Å². The molecule has 0 spiro atoms. The number of aryl methyl sites for hydroxylation is 1. The van der Waals surface area contributed by atoms with Crippen molar-refractivity contribution in [2.24, 2.45) is 0 Å². The average molecular weight is 317 g/mol. The highest BCUT2D eigenvalue weighted by atomic mass is 35.5. The molecule has 0 atom stereocenters. The van der Waals surface area contributed by atoms with Crippen molar-refractivity contribution in [1.29, 1.82) is 0 Å². The van der Waals surface area contributed by atoms with Gasteiger partial charge in [0, 0.05) is 27.9 Å². The first-order valence-electron chi connectivity index (χ1n) is 6.28. The van der Waals surface area contributed by atoms with Gasteiger partial charge >= 0.3 is 0 Å². The Morgan fingerprint density at radius 3 is 2.67 bits per heavy atom. The van der Waals surface area contributed by atoms with E-state index in [2.05, 4.69) is 9.97 Å². The number of halogens is 2. The maximum absolute atomic E-state index is 12.7. The van der Waals surface area contributed by atoms with Crippen LogP contribution in [0.1, 0.15) is 21.7 Å². The van der Waals surface area contributed by atoms with Crippen LogP contribution < -0.4 is 0 Å². The van der Waals surface area contributed by atoms with Crippen molar-refractivity contribution in [2.75, 3.05) is 0 Å². The summed E-state index contributed by atoms with van der Waals surface area (Å²) >= 11 is 12.2. The van der Waals surface area contributed by atoms with E-state index in [4.69, 9.17) is 23.2 Å². The minimum Gasteiger partial charge on any atom is -0.287 e. The fourth-order valence-electron chi connectivity index (χ4n) is 2.20. The molecular weight excluding hydrogens is 307 g/mol. The summed E-state index contributed by atoms with van der Waals surface area (Å²) in [7, 11) is 0. The molecule has 3 nitrogen and oxygen atoms in total. The van der Waals surface area contributed by atoms with E-state index in [1.807, 2.05) is 6.92 Å². The zero-order chi connectivity index (χ0) is 15.0. The zero-order valence-corrected chi connectivity index (χ0v) is 12.6. The number of aromatic nitrogens is 2. The van der Waals surface area contributed by atoms with Crippen molar-refractivity contribution >= 4 is 39.9 Å². The molecule has 0 saturated heterocycles. The van der Waals surface area contributed by atoms with Crippen molar-refractivity contribution in [1.82, 2.24) is 9.97 Å². The topological polar surface area (TPSA) is 42.9 Å². The lowest BCUT2D eigenvalue weighted by molar-refractivity contribution is 0.103. The average Bonchev–Trinajstić information content (AvgIpc) is 2.47. The highest BCUT2D eigenvalue weighted by Gasteiger charge is 2.17. The van der Waals surface area contributed by atoms with Gasteiger partial charge < -0.3 is 0 Å². The van der Waals surface area contributed by atoms with Crippen LogP contribution in [-0.4, -0.2) is 15.8 Å². The van der Waals surface area contributed by atoms with Gasteiger partial charge in [0.2, 0.25) is 5.78 Å². The second-order valence-electron chi connectivity index (χ2n) is 4.64. The molecule has 21 heavy (non-hydrogen) atoms. The SMILES string of the molecule is Cc1cc(C(=O)c2ccccn2)c2cc(Cl)cc(Cl)c2n1. The summed E-state index contributed by atoms with van der Waals surface area (Å²) in [5.74, 6) is -0.176. The van der Waals surface area contributed by atoms with Gasteiger partial charge in [-0.15, -0.1) is 0 Å². The predicted octanol–water partition coefficient (Wildman–Crippen LogP) is 4.48. The molecule has 0 N–H and O–H groups in total. The molecule has 3 rings (SSSR count). The highest BCUT2D eigenvalue weighted by Crippen LogP contribution is 2.30. The molecule has 1 aromatic carbocycles. The van der Waals surface area contributed by atoms with Crippen molar-refractivity contribution < 1.29 is 4.79 Å². The van der Waals surface area contributed by atoms with Crippen molar-refractivity contribution in [3.8, 4) is 0 Å². The van der Waals surface area contributed by atoms with Gasteiger partial charge in [0.25, 0.3) is 0 Å². The Hall–Kier alpha value is -1.97. The van der Waals surface area contributed by atoms with E-state index in [0.29, 0.717) is 37.9 Å². The maximum atomic E-state index is 12.7. The molecule has 2 heterocycles. The molecule has 0 amide bonds. The molecule has 0 bridgehead atoms. The van der Waals surface area contributed by atoms with Crippen LogP contribution in [-0.2, 0) is 0 Å². The summed E-state index contributed by atoms with van der Waals surface area (Å²) in [6, 6.07) is 10.3. The molecule has 0 aliphatic carbocycles. The summed E-state index contributed by atoms with van der Waals surface area (Å²) in [6.45, 7) is 1.82. The van der Waals surface area contributed by atoms with Gasteiger partial charge in [0.15, 0.2) is 0 Å². The zero-order valence-electron chi connectivity index (χ0n) is 11.1. The normalized spacial score (nSPS) is 10.8. The standard InChI is InChI=1S/C16H10Cl2N2O/c1-9-6-12(16(21)14-4-2-3-5-19-14)11-7-10(17)8-13(18)15(11)20-9/h2-8H,1H3. The highest BCUT2D eigenvalue weighted by molar-refractivity contribution is 6.39. The number of benzene rings is 1. The van der Waals surface area contributed by atoms with E-state index < -0.39 is 0 Å². The lowest BCUT2D eigenvalue weighted by Crippen LogP contribution is -2.06. The van der Waals surface area contributed by atoms with Crippen LogP contribution in [0.5, 0.6) is 0 Å². The predicted molar refractivity (Wildman–Crippen MR) is 84.2 cm³/mol. The van der Waals surface area contributed by atoms with E-state index in [1.165, 1.54) is 0 Å². The number of fused-ring (bicyclic) bond motifs is 1. The minimum absolute atomic E-state index is 0.176.